The molecule has 1 aromatic rings. The summed E-state index contributed by atoms with van der Waals surface area (Å²) < 4.78 is 1.13. The van der Waals surface area contributed by atoms with Gasteiger partial charge in [-0.25, -0.2) is 0 Å². The first-order chi connectivity index (χ1) is 8.99. The van der Waals surface area contributed by atoms with Crippen LogP contribution in [-0.2, 0) is 11.2 Å². The smallest absolute Gasteiger partial charge is 0.320 e. The van der Waals surface area contributed by atoms with Crippen molar-refractivity contribution in [3.05, 3.63) is 33.8 Å². The van der Waals surface area contributed by atoms with Crippen LogP contribution < -0.4 is 5.32 Å². The van der Waals surface area contributed by atoms with Gasteiger partial charge in [0.2, 0.25) is 0 Å². The van der Waals surface area contributed by atoms with Gasteiger partial charge in [-0.3, -0.25) is 10.1 Å². The first-order valence-corrected chi connectivity index (χ1v) is 7.54. The van der Waals surface area contributed by atoms with Crippen molar-refractivity contribution in [3.8, 4) is 0 Å². The summed E-state index contributed by atoms with van der Waals surface area (Å²) >= 11 is 3.57. The molecule has 2 unspecified atom stereocenters. The van der Waals surface area contributed by atoms with Crippen molar-refractivity contribution in [2.75, 3.05) is 0 Å². The van der Waals surface area contributed by atoms with Crippen LogP contribution in [0, 0.1) is 5.92 Å². The second-order valence-electron chi connectivity index (χ2n) is 5.59. The molecular formula is C15H20BrNO2. The average molecular weight is 326 g/mol. The average Bonchev–Trinajstić information content (AvgIpc) is 2.72. The van der Waals surface area contributed by atoms with Crippen LogP contribution in [0.15, 0.2) is 22.7 Å². The lowest BCUT2D eigenvalue weighted by atomic mass is 10.0. The molecule has 0 aliphatic heterocycles. The molecule has 104 valence electrons. The van der Waals surface area contributed by atoms with E-state index in [1.807, 2.05) is 12.1 Å². The number of hydrogen-bond donors (Lipinski definition) is 2. The van der Waals surface area contributed by atoms with Crippen molar-refractivity contribution in [3.63, 3.8) is 0 Å². The van der Waals surface area contributed by atoms with Gasteiger partial charge in [0.1, 0.15) is 6.04 Å². The van der Waals surface area contributed by atoms with Crippen LogP contribution in [0.3, 0.4) is 0 Å². The number of fused-ring (bicyclic) bond motifs is 1. The van der Waals surface area contributed by atoms with E-state index in [-0.39, 0.29) is 6.04 Å². The summed E-state index contributed by atoms with van der Waals surface area (Å²) in [5, 5.41) is 12.6. The van der Waals surface area contributed by atoms with Crippen molar-refractivity contribution >= 4 is 21.9 Å². The van der Waals surface area contributed by atoms with Gasteiger partial charge in [-0.2, -0.15) is 0 Å². The maximum absolute atomic E-state index is 11.3. The molecule has 0 bridgehead atoms. The van der Waals surface area contributed by atoms with Crippen molar-refractivity contribution in [2.45, 2.75) is 45.2 Å². The molecule has 0 amide bonds. The standard InChI is InChI=1S/C15H20BrNO2/c1-9(2)8-14(15(18)19)17-13-7-6-10-11(13)4-3-5-12(10)16/h3-5,9,13-14,17H,6-8H2,1-2H3,(H,18,19). The molecule has 2 N–H and O–H groups in total. The number of carboxylic acids is 1. The fraction of sp³-hybridized carbons (Fsp3) is 0.533. The van der Waals surface area contributed by atoms with E-state index in [0.29, 0.717) is 12.3 Å². The number of halogens is 1. The van der Waals surface area contributed by atoms with Crippen LogP contribution >= 0.6 is 15.9 Å². The van der Waals surface area contributed by atoms with Gasteiger partial charge in [0, 0.05) is 10.5 Å². The lowest BCUT2D eigenvalue weighted by Gasteiger charge is -2.22. The lowest BCUT2D eigenvalue weighted by molar-refractivity contribution is -0.140. The second kappa shape index (κ2) is 6.06. The number of carbonyl (C=O) groups is 1. The van der Waals surface area contributed by atoms with Gasteiger partial charge in [-0.1, -0.05) is 41.9 Å². The largest absolute Gasteiger partial charge is 0.480 e. The molecular weight excluding hydrogens is 306 g/mol. The second-order valence-corrected chi connectivity index (χ2v) is 6.44. The van der Waals surface area contributed by atoms with Crippen LogP contribution in [0.5, 0.6) is 0 Å². The van der Waals surface area contributed by atoms with Crippen LogP contribution in [0.1, 0.15) is 43.9 Å². The van der Waals surface area contributed by atoms with Gasteiger partial charge in [-0.05, 0) is 42.4 Å². The van der Waals surface area contributed by atoms with Crippen LogP contribution in [-0.4, -0.2) is 17.1 Å². The van der Waals surface area contributed by atoms with Gasteiger partial charge in [0.05, 0.1) is 0 Å². The first-order valence-electron chi connectivity index (χ1n) is 6.75. The van der Waals surface area contributed by atoms with Crippen molar-refractivity contribution < 1.29 is 9.90 Å². The van der Waals surface area contributed by atoms with Crippen molar-refractivity contribution in [2.24, 2.45) is 5.92 Å². The third-order valence-corrected chi connectivity index (χ3v) is 4.36. The van der Waals surface area contributed by atoms with Gasteiger partial charge in [0.25, 0.3) is 0 Å². The Kier molecular flexibility index (Phi) is 4.63. The molecule has 3 nitrogen and oxygen atoms in total. The number of aliphatic carboxylic acids is 1. The molecule has 0 heterocycles. The van der Waals surface area contributed by atoms with Crippen molar-refractivity contribution in [1.29, 1.82) is 0 Å². The molecule has 4 heteroatoms. The SMILES string of the molecule is CC(C)CC(NC1CCc2c(Br)cccc21)C(=O)O. The zero-order chi connectivity index (χ0) is 14.0. The predicted octanol–water partition coefficient (Wildman–Crippen LogP) is 3.53. The van der Waals surface area contributed by atoms with Gasteiger partial charge >= 0.3 is 5.97 Å². The van der Waals surface area contributed by atoms with Crippen LogP contribution in [0.2, 0.25) is 0 Å². The summed E-state index contributed by atoms with van der Waals surface area (Å²) in [7, 11) is 0. The molecule has 0 aromatic heterocycles. The molecule has 0 radical (unpaired) electrons. The molecule has 2 rings (SSSR count). The minimum atomic E-state index is -0.753. The van der Waals surface area contributed by atoms with Gasteiger partial charge in [-0.15, -0.1) is 0 Å². The molecule has 0 fully saturated rings. The predicted molar refractivity (Wildman–Crippen MR) is 79.2 cm³/mol. The molecule has 0 spiro atoms. The molecule has 19 heavy (non-hydrogen) atoms. The van der Waals surface area contributed by atoms with E-state index in [0.717, 1.165) is 17.3 Å². The summed E-state index contributed by atoms with van der Waals surface area (Å²) in [5.41, 5.74) is 2.55. The molecule has 1 aliphatic rings. The quantitative estimate of drug-likeness (QED) is 0.870. The van der Waals surface area contributed by atoms with E-state index in [1.165, 1.54) is 11.1 Å². The topological polar surface area (TPSA) is 49.3 Å². The summed E-state index contributed by atoms with van der Waals surface area (Å²) in [6.45, 7) is 4.10. The van der Waals surface area contributed by atoms with E-state index in [1.54, 1.807) is 0 Å². The highest BCUT2D eigenvalue weighted by atomic mass is 79.9. The third kappa shape index (κ3) is 3.37. The normalized spacial score (nSPS) is 19.5. The zero-order valence-electron chi connectivity index (χ0n) is 11.3. The Morgan fingerprint density at radius 3 is 2.89 bits per heavy atom. The lowest BCUT2D eigenvalue weighted by Crippen LogP contribution is -2.39. The maximum atomic E-state index is 11.3. The van der Waals surface area contributed by atoms with E-state index >= 15 is 0 Å². The highest BCUT2D eigenvalue weighted by Crippen LogP contribution is 2.36. The first kappa shape index (κ1) is 14.5. The summed E-state index contributed by atoms with van der Waals surface area (Å²) in [4.78, 5) is 11.3. The number of carboxylic acid groups (broad SMARTS) is 1. The summed E-state index contributed by atoms with van der Waals surface area (Å²) in [5.74, 6) is -0.380. The van der Waals surface area contributed by atoms with Crippen molar-refractivity contribution in [1.82, 2.24) is 5.32 Å². The molecule has 0 saturated carbocycles. The Balaban J connectivity index is 2.13. The van der Waals surface area contributed by atoms with E-state index in [9.17, 15) is 9.90 Å². The van der Waals surface area contributed by atoms with E-state index < -0.39 is 12.0 Å². The van der Waals surface area contributed by atoms with Crippen LogP contribution in [0.4, 0.5) is 0 Å². The minimum Gasteiger partial charge on any atom is -0.480 e. The molecule has 2 atom stereocenters. The fourth-order valence-corrected chi connectivity index (χ4v) is 3.32. The summed E-state index contributed by atoms with van der Waals surface area (Å²) in [6.07, 6.45) is 2.64. The highest BCUT2D eigenvalue weighted by Gasteiger charge is 2.28. The number of hydrogen-bond acceptors (Lipinski definition) is 2. The molecule has 1 aromatic carbocycles. The number of nitrogens with one attached hydrogen (secondary N) is 1. The van der Waals surface area contributed by atoms with E-state index in [2.05, 4.69) is 41.2 Å². The van der Waals surface area contributed by atoms with Gasteiger partial charge < -0.3 is 5.11 Å². The van der Waals surface area contributed by atoms with Crippen LogP contribution in [0.25, 0.3) is 0 Å². The molecule has 0 saturated heterocycles. The Hall–Kier alpha value is -0.870. The summed E-state index contributed by atoms with van der Waals surface area (Å²) in [6, 6.07) is 5.85. The fourth-order valence-electron chi connectivity index (χ4n) is 2.74. The zero-order valence-corrected chi connectivity index (χ0v) is 12.9. The Morgan fingerprint density at radius 2 is 2.26 bits per heavy atom. The third-order valence-electron chi connectivity index (χ3n) is 3.62. The Bertz CT molecular complexity index is 473. The Labute approximate surface area is 122 Å². The Morgan fingerprint density at radius 1 is 1.53 bits per heavy atom. The monoisotopic (exact) mass is 325 g/mol. The molecule has 1 aliphatic carbocycles. The number of rotatable bonds is 5. The van der Waals surface area contributed by atoms with E-state index in [4.69, 9.17) is 0 Å². The maximum Gasteiger partial charge on any atom is 0.320 e. The minimum absolute atomic E-state index is 0.160. The van der Waals surface area contributed by atoms with Gasteiger partial charge in [0.15, 0.2) is 0 Å². The highest BCUT2D eigenvalue weighted by molar-refractivity contribution is 9.10. The number of benzene rings is 1.